The van der Waals surface area contributed by atoms with Gasteiger partial charge in [-0.3, -0.25) is 9.58 Å². The molecule has 3 N–H and O–H groups in total. The molecule has 1 fully saturated rings. The summed E-state index contributed by atoms with van der Waals surface area (Å²) in [5, 5.41) is 5.06. The highest BCUT2D eigenvalue weighted by molar-refractivity contribution is 5.86. The van der Waals surface area contributed by atoms with Gasteiger partial charge >= 0.3 is 0 Å². The number of aryl methyl sites for hydroxylation is 1. The van der Waals surface area contributed by atoms with Crippen molar-refractivity contribution in [3.63, 3.8) is 0 Å². The second-order valence-electron chi connectivity index (χ2n) is 5.72. The van der Waals surface area contributed by atoms with Crippen molar-refractivity contribution in [1.29, 1.82) is 0 Å². The molecule has 1 unspecified atom stereocenters. The van der Waals surface area contributed by atoms with Crippen LogP contribution >= 0.6 is 0 Å². The average Bonchev–Trinajstić information content (AvgIpc) is 2.83. The zero-order valence-corrected chi connectivity index (χ0v) is 12.7. The smallest absolute Gasteiger partial charge is 0.163 e. The molecule has 1 saturated heterocycles. The molecule has 114 valence electrons. The summed E-state index contributed by atoms with van der Waals surface area (Å²) in [6.45, 7) is 6.12. The van der Waals surface area contributed by atoms with E-state index in [2.05, 4.69) is 44.3 Å². The Morgan fingerprint density at radius 2 is 2.14 bits per heavy atom. The number of aromatic nitrogens is 4. The quantitative estimate of drug-likeness (QED) is 0.597. The molecule has 0 radical (unpaired) electrons. The van der Waals surface area contributed by atoms with Gasteiger partial charge in [0.2, 0.25) is 0 Å². The number of anilines is 1. The van der Waals surface area contributed by atoms with Gasteiger partial charge in [0.15, 0.2) is 11.5 Å². The SMILES string of the molecule is CC1CN(C)CCN1Cc1nc(NN)c2cnn(C)c2n1. The number of hydrazine groups is 1. The van der Waals surface area contributed by atoms with Crippen LogP contribution in [0, 0.1) is 0 Å². The minimum atomic E-state index is 0.490. The van der Waals surface area contributed by atoms with Gasteiger partial charge in [0.1, 0.15) is 5.82 Å². The minimum Gasteiger partial charge on any atom is -0.308 e. The van der Waals surface area contributed by atoms with E-state index in [-0.39, 0.29) is 0 Å². The first-order valence-corrected chi connectivity index (χ1v) is 7.16. The number of nitrogens with one attached hydrogen (secondary N) is 1. The molecule has 2 aromatic rings. The number of fused-ring (bicyclic) bond motifs is 1. The van der Waals surface area contributed by atoms with Crippen LogP contribution in [0.5, 0.6) is 0 Å². The fourth-order valence-corrected chi connectivity index (χ4v) is 2.84. The number of hydrogen-bond donors (Lipinski definition) is 2. The summed E-state index contributed by atoms with van der Waals surface area (Å²) in [5.41, 5.74) is 3.45. The van der Waals surface area contributed by atoms with Gasteiger partial charge < -0.3 is 10.3 Å². The van der Waals surface area contributed by atoms with Crippen LogP contribution in [0.2, 0.25) is 0 Å². The summed E-state index contributed by atoms with van der Waals surface area (Å²) in [4.78, 5) is 13.9. The second-order valence-corrected chi connectivity index (χ2v) is 5.72. The van der Waals surface area contributed by atoms with Crippen molar-refractivity contribution >= 4 is 16.9 Å². The first kappa shape index (κ1) is 14.2. The third-order valence-corrected chi connectivity index (χ3v) is 4.09. The van der Waals surface area contributed by atoms with Crippen LogP contribution in [0.4, 0.5) is 5.82 Å². The Kier molecular flexibility index (Phi) is 3.75. The van der Waals surface area contributed by atoms with Crippen LogP contribution in [0.1, 0.15) is 12.7 Å². The summed E-state index contributed by atoms with van der Waals surface area (Å²) in [5.74, 6) is 6.98. The lowest BCUT2D eigenvalue weighted by Gasteiger charge is -2.37. The summed E-state index contributed by atoms with van der Waals surface area (Å²) in [6, 6.07) is 0.490. The Morgan fingerprint density at radius 1 is 1.33 bits per heavy atom. The largest absolute Gasteiger partial charge is 0.308 e. The van der Waals surface area contributed by atoms with E-state index in [1.165, 1.54) is 0 Å². The van der Waals surface area contributed by atoms with Crippen molar-refractivity contribution < 1.29 is 0 Å². The molecule has 0 aromatic carbocycles. The number of rotatable bonds is 3. The summed E-state index contributed by atoms with van der Waals surface area (Å²) in [6.07, 6.45) is 1.73. The first-order chi connectivity index (χ1) is 10.1. The molecule has 21 heavy (non-hydrogen) atoms. The fraction of sp³-hybridized carbons (Fsp3) is 0.615. The van der Waals surface area contributed by atoms with E-state index < -0.39 is 0 Å². The molecular weight excluding hydrogens is 268 g/mol. The van der Waals surface area contributed by atoms with Gasteiger partial charge in [0, 0.05) is 32.7 Å². The minimum absolute atomic E-state index is 0.490. The number of nitrogen functional groups attached to an aromatic ring is 1. The molecule has 0 aliphatic carbocycles. The van der Waals surface area contributed by atoms with E-state index in [0.29, 0.717) is 11.9 Å². The van der Waals surface area contributed by atoms with Crippen molar-refractivity contribution in [3.8, 4) is 0 Å². The maximum atomic E-state index is 5.58. The Hall–Kier alpha value is -1.77. The molecular formula is C13H22N8. The third kappa shape index (κ3) is 2.69. The monoisotopic (exact) mass is 290 g/mol. The van der Waals surface area contributed by atoms with Crippen LogP contribution in [-0.4, -0.2) is 62.3 Å². The number of nitrogens with zero attached hydrogens (tertiary/aromatic N) is 6. The molecule has 1 aliphatic rings. The van der Waals surface area contributed by atoms with Gasteiger partial charge in [-0.25, -0.2) is 15.8 Å². The highest BCUT2D eigenvalue weighted by Crippen LogP contribution is 2.20. The van der Waals surface area contributed by atoms with Crippen LogP contribution in [-0.2, 0) is 13.6 Å². The van der Waals surface area contributed by atoms with Gasteiger partial charge in [0.25, 0.3) is 0 Å². The van der Waals surface area contributed by atoms with Gasteiger partial charge in [-0.05, 0) is 14.0 Å². The van der Waals surface area contributed by atoms with Gasteiger partial charge in [-0.1, -0.05) is 0 Å². The molecule has 8 heteroatoms. The second kappa shape index (κ2) is 5.55. The average molecular weight is 290 g/mol. The lowest BCUT2D eigenvalue weighted by Crippen LogP contribution is -2.50. The standard InChI is InChI=1S/C13H22N8/c1-9-7-19(2)4-5-21(9)8-11-16-12(18-14)10-6-15-20(3)13(10)17-11/h6,9H,4-5,7-8,14H2,1-3H3,(H,16,17,18). The third-order valence-electron chi connectivity index (χ3n) is 4.09. The molecule has 2 aromatic heterocycles. The highest BCUT2D eigenvalue weighted by atomic mass is 15.3. The summed E-state index contributed by atoms with van der Waals surface area (Å²) < 4.78 is 1.74. The lowest BCUT2D eigenvalue weighted by atomic mass is 10.2. The van der Waals surface area contributed by atoms with Gasteiger partial charge in [-0.15, -0.1) is 0 Å². The normalized spacial score (nSPS) is 21.0. The summed E-state index contributed by atoms with van der Waals surface area (Å²) >= 11 is 0. The molecule has 3 rings (SSSR count). The molecule has 0 amide bonds. The zero-order chi connectivity index (χ0) is 15.0. The van der Waals surface area contributed by atoms with E-state index in [0.717, 1.165) is 43.0 Å². The Morgan fingerprint density at radius 3 is 2.86 bits per heavy atom. The summed E-state index contributed by atoms with van der Waals surface area (Å²) in [7, 11) is 4.03. The maximum Gasteiger partial charge on any atom is 0.163 e. The number of likely N-dealkylation sites (N-methyl/N-ethyl adjacent to an activating group) is 1. The Balaban J connectivity index is 1.88. The Bertz CT molecular complexity index is 636. The fourth-order valence-electron chi connectivity index (χ4n) is 2.84. The van der Waals surface area contributed by atoms with Crippen molar-refractivity contribution in [1.82, 2.24) is 29.5 Å². The molecule has 1 atom stereocenters. The molecule has 1 aliphatic heterocycles. The number of nitrogens with two attached hydrogens (primary N) is 1. The van der Waals surface area contributed by atoms with E-state index >= 15 is 0 Å². The van der Waals surface area contributed by atoms with E-state index in [4.69, 9.17) is 5.84 Å². The predicted octanol–water partition coefficient (Wildman–Crippen LogP) is -0.215. The highest BCUT2D eigenvalue weighted by Gasteiger charge is 2.23. The van der Waals surface area contributed by atoms with Crippen LogP contribution in [0.25, 0.3) is 11.0 Å². The molecule has 0 bridgehead atoms. The lowest BCUT2D eigenvalue weighted by molar-refractivity contribution is 0.0916. The van der Waals surface area contributed by atoms with Crippen LogP contribution < -0.4 is 11.3 Å². The van der Waals surface area contributed by atoms with Crippen LogP contribution in [0.3, 0.4) is 0 Å². The molecule has 3 heterocycles. The maximum absolute atomic E-state index is 5.58. The van der Waals surface area contributed by atoms with Gasteiger partial charge in [0.05, 0.1) is 18.1 Å². The van der Waals surface area contributed by atoms with Gasteiger partial charge in [-0.2, -0.15) is 5.10 Å². The van der Waals surface area contributed by atoms with Crippen LogP contribution in [0.15, 0.2) is 6.20 Å². The molecule has 0 spiro atoms. The predicted molar refractivity (Wildman–Crippen MR) is 81.5 cm³/mol. The van der Waals surface area contributed by atoms with Crippen molar-refractivity contribution in [2.45, 2.75) is 19.5 Å². The van der Waals surface area contributed by atoms with Crippen molar-refractivity contribution in [2.24, 2.45) is 12.9 Å². The van der Waals surface area contributed by atoms with E-state index in [1.807, 2.05) is 7.05 Å². The topological polar surface area (TPSA) is 88.1 Å². The van der Waals surface area contributed by atoms with E-state index in [1.54, 1.807) is 10.9 Å². The molecule has 8 nitrogen and oxygen atoms in total. The van der Waals surface area contributed by atoms with Crippen molar-refractivity contribution in [2.75, 3.05) is 32.1 Å². The van der Waals surface area contributed by atoms with Crippen molar-refractivity contribution in [3.05, 3.63) is 12.0 Å². The van der Waals surface area contributed by atoms with E-state index in [9.17, 15) is 0 Å². The number of hydrogen-bond acceptors (Lipinski definition) is 7. The molecule has 0 saturated carbocycles. The Labute approximate surface area is 123 Å². The number of piperazine rings is 1. The zero-order valence-electron chi connectivity index (χ0n) is 12.7. The first-order valence-electron chi connectivity index (χ1n) is 7.16.